The number of ketones is 1. The SMILES string of the molecule is CC(C)CN(C(=O)COC(=O)c1ccccc1C(=O)c1ccccc1)C1CCS(=O)(=O)C1. The molecule has 0 radical (unpaired) electrons. The van der Waals surface area contributed by atoms with Crippen LogP contribution in [0.2, 0.25) is 0 Å². The van der Waals surface area contributed by atoms with Gasteiger partial charge >= 0.3 is 5.97 Å². The number of amides is 1. The van der Waals surface area contributed by atoms with E-state index in [2.05, 4.69) is 0 Å². The number of carbonyl (C=O) groups is 3. The van der Waals surface area contributed by atoms with Gasteiger partial charge in [-0.15, -0.1) is 0 Å². The first-order valence-electron chi connectivity index (χ1n) is 10.5. The minimum absolute atomic E-state index is 0.0499. The van der Waals surface area contributed by atoms with Crippen molar-refractivity contribution in [3.63, 3.8) is 0 Å². The zero-order chi connectivity index (χ0) is 23.3. The van der Waals surface area contributed by atoms with Crippen molar-refractivity contribution in [2.75, 3.05) is 24.7 Å². The van der Waals surface area contributed by atoms with E-state index in [0.29, 0.717) is 18.5 Å². The van der Waals surface area contributed by atoms with Crippen LogP contribution < -0.4 is 0 Å². The lowest BCUT2D eigenvalue weighted by Gasteiger charge is -2.29. The summed E-state index contributed by atoms with van der Waals surface area (Å²) in [7, 11) is -3.16. The predicted molar refractivity (Wildman–Crippen MR) is 120 cm³/mol. The largest absolute Gasteiger partial charge is 0.452 e. The monoisotopic (exact) mass is 457 g/mol. The maximum Gasteiger partial charge on any atom is 0.339 e. The lowest BCUT2D eigenvalue weighted by molar-refractivity contribution is -0.137. The number of esters is 1. The average molecular weight is 458 g/mol. The number of sulfone groups is 1. The first-order valence-corrected chi connectivity index (χ1v) is 12.4. The van der Waals surface area contributed by atoms with Gasteiger partial charge in [-0.25, -0.2) is 13.2 Å². The highest BCUT2D eigenvalue weighted by Gasteiger charge is 2.35. The Bertz CT molecular complexity index is 1090. The number of rotatable bonds is 8. The van der Waals surface area contributed by atoms with Crippen molar-refractivity contribution in [2.45, 2.75) is 26.3 Å². The third kappa shape index (κ3) is 5.82. The Morgan fingerprint density at radius 2 is 1.62 bits per heavy atom. The molecule has 1 amide bonds. The molecule has 3 rings (SSSR count). The molecular weight excluding hydrogens is 430 g/mol. The second kappa shape index (κ2) is 10.1. The highest BCUT2D eigenvalue weighted by Crippen LogP contribution is 2.20. The maximum absolute atomic E-state index is 12.8. The van der Waals surface area contributed by atoms with Crippen molar-refractivity contribution in [3.8, 4) is 0 Å². The van der Waals surface area contributed by atoms with Crippen molar-refractivity contribution in [1.82, 2.24) is 4.90 Å². The molecule has 170 valence electrons. The number of benzene rings is 2. The van der Waals surface area contributed by atoms with E-state index in [1.54, 1.807) is 48.5 Å². The van der Waals surface area contributed by atoms with Crippen LogP contribution in [-0.2, 0) is 19.4 Å². The van der Waals surface area contributed by atoms with Gasteiger partial charge in [0, 0.05) is 23.7 Å². The number of hydrogen-bond acceptors (Lipinski definition) is 6. The summed E-state index contributed by atoms with van der Waals surface area (Å²) < 4.78 is 29.0. The Kier molecular flexibility index (Phi) is 7.45. The molecule has 0 spiro atoms. The summed E-state index contributed by atoms with van der Waals surface area (Å²) in [6.07, 6.45) is 0.378. The summed E-state index contributed by atoms with van der Waals surface area (Å²) in [4.78, 5) is 39.9. The third-order valence-electron chi connectivity index (χ3n) is 5.29. The van der Waals surface area contributed by atoms with Crippen LogP contribution in [0.25, 0.3) is 0 Å². The van der Waals surface area contributed by atoms with Gasteiger partial charge in [0.05, 0.1) is 17.1 Å². The van der Waals surface area contributed by atoms with Crippen LogP contribution in [0.3, 0.4) is 0 Å². The van der Waals surface area contributed by atoms with Crippen LogP contribution in [0.1, 0.15) is 46.5 Å². The third-order valence-corrected chi connectivity index (χ3v) is 7.04. The number of hydrogen-bond donors (Lipinski definition) is 0. The van der Waals surface area contributed by atoms with E-state index in [1.165, 1.54) is 11.0 Å². The van der Waals surface area contributed by atoms with Crippen LogP contribution in [0.5, 0.6) is 0 Å². The summed E-state index contributed by atoms with van der Waals surface area (Å²) in [5.74, 6) is -1.44. The van der Waals surface area contributed by atoms with Crippen molar-refractivity contribution >= 4 is 27.5 Å². The molecule has 0 N–H and O–H groups in total. The Morgan fingerprint density at radius 1 is 1.00 bits per heavy atom. The molecule has 1 unspecified atom stereocenters. The molecule has 8 heteroatoms. The standard InChI is InChI=1S/C24H27NO6S/c1-17(2)14-25(19-12-13-32(29,30)16-19)22(26)15-31-24(28)21-11-7-6-10-20(21)23(27)18-8-4-3-5-9-18/h3-11,17,19H,12-16H2,1-2H3. The molecular formula is C24H27NO6S. The van der Waals surface area contributed by atoms with Crippen LogP contribution >= 0.6 is 0 Å². The van der Waals surface area contributed by atoms with Gasteiger partial charge in [0.1, 0.15) is 0 Å². The van der Waals surface area contributed by atoms with E-state index < -0.39 is 34.4 Å². The number of carbonyl (C=O) groups excluding carboxylic acids is 3. The van der Waals surface area contributed by atoms with Crippen LogP contribution in [0.4, 0.5) is 0 Å². The first-order chi connectivity index (χ1) is 15.2. The molecule has 2 aromatic rings. The quantitative estimate of drug-likeness (QED) is 0.447. The smallest absolute Gasteiger partial charge is 0.339 e. The van der Waals surface area contributed by atoms with Crippen molar-refractivity contribution in [2.24, 2.45) is 5.92 Å². The van der Waals surface area contributed by atoms with E-state index in [0.717, 1.165) is 0 Å². The van der Waals surface area contributed by atoms with E-state index in [4.69, 9.17) is 4.74 Å². The Balaban J connectivity index is 1.72. The van der Waals surface area contributed by atoms with E-state index in [9.17, 15) is 22.8 Å². The van der Waals surface area contributed by atoms with Gasteiger partial charge in [-0.1, -0.05) is 62.4 Å². The van der Waals surface area contributed by atoms with Crippen LogP contribution in [0, 0.1) is 5.92 Å². The lowest BCUT2D eigenvalue weighted by atomic mass is 9.98. The second-order valence-electron chi connectivity index (χ2n) is 8.31. The Morgan fingerprint density at radius 3 is 2.22 bits per heavy atom. The van der Waals surface area contributed by atoms with Gasteiger partial charge in [0.2, 0.25) is 0 Å². The minimum atomic E-state index is -3.16. The molecule has 1 aliphatic heterocycles. The molecule has 1 atom stereocenters. The van der Waals surface area contributed by atoms with Gasteiger partial charge in [-0.05, 0) is 18.4 Å². The molecule has 1 aliphatic rings. The van der Waals surface area contributed by atoms with Gasteiger partial charge in [0.25, 0.3) is 5.91 Å². The molecule has 0 saturated carbocycles. The minimum Gasteiger partial charge on any atom is -0.452 e. The molecule has 32 heavy (non-hydrogen) atoms. The zero-order valence-electron chi connectivity index (χ0n) is 18.2. The van der Waals surface area contributed by atoms with E-state index in [-0.39, 0.29) is 34.3 Å². The lowest BCUT2D eigenvalue weighted by Crippen LogP contribution is -2.45. The molecule has 0 aromatic heterocycles. The first kappa shape index (κ1) is 23.7. The van der Waals surface area contributed by atoms with E-state index in [1.807, 2.05) is 13.8 Å². The summed E-state index contributed by atoms with van der Waals surface area (Å²) in [5, 5.41) is 0. The van der Waals surface area contributed by atoms with Crippen LogP contribution in [-0.4, -0.2) is 61.7 Å². The fourth-order valence-corrected chi connectivity index (χ4v) is 5.49. The zero-order valence-corrected chi connectivity index (χ0v) is 19.0. The van der Waals surface area contributed by atoms with Crippen molar-refractivity contribution in [3.05, 3.63) is 71.3 Å². The van der Waals surface area contributed by atoms with Gasteiger partial charge in [-0.3, -0.25) is 9.59 Å². The predicted octanol–water partition coefficient (Wildman–Crippen LogP) is 2.75. The second-order valence-corrected chi connectivity index (χ2v) is 10.5. The molecule has 0 aliphatic carbocycles. The van der Waals surface area contributed by atoms with Crippen LogP contribution in [0.15, 0.2) is 54.6 Å². The van der Waals surface area contributed by atoms with E-state index >= 15 is 0 Å². The number of nitrogens with zero attached hydrogens (tertiary/aromatic N) is 1. The highest BCUT2D eigenvalue weighted by atomic mass is 32.2. The maximum atomic E-state index is 12.8. The normalized spacial score (nSPS) is 17.2. The summed E-state index contributed by atoms with van der Waals surface area (Å²) >= 11 is 0. The summed E-state index contributed by atoms with van der Waals surface area (Å²) in [6, 6.07) is 14.5. The molecule has 1 heterocycles. The van der Waals surface area contributed by atoms with Crippen molar-refractivity contribution < 1.29 is 27.5 Å². The number of ether oxygens (including phenoxy) is 1. The van der Waals surface area contributed by atoms with Gasteiger partial charge < -0.3 is 9.64 Å². The molecule has 1 fully saturated rings. The molecule has 1 saturated heterocycles. The Labute approximate surface area is 188 Å². The van der Waals surface area contributed by atoms with Crippen molar-refractivity contribution in [1.29, 1.82) is 0 Å². The summed E-state index contributed by atoms with van der Waals surface area (Å²) in [6.45, 7) is 3.72. The fourth-order valence-electron chi connectivity index (χ4n) is 3.76. The van der Waals surface area contributed by atoms with Gasteiger partial charge in [0.15, 0.2) is 22.2 Å². The fraction of sp³-hybridized carbons (Fsp3) is 0.375. The molecule has 2 aromatic carbocycles. The van der Waals surface area contributed by atoms with Gasteiger partial charge in [-0.2, -0.15) is 0 Å². The molecule has 0 bridgehead atoms. The topological polar surface area (TPSA) is 97.8 Å². The Hall–Kier alpha value is -3.00. The highest BCUT2D eigenvalue weighted by molar-refractivity contribution is 7.91. The average Bonchev–Trinajstić information content (AvgIpc) is 3.14. The summed E-state index contributed by atoms with van der Waals surface area (Å²) in [5.41, 5.74) is 0.708. The molecule has 7 nitrogen and oxygen atoms in total.